The van der Waals surface area contributed by atoms with Crippen molar-refractivity contribution >= 4 is 0 Å². The minimum absolute atomic E-state index is 0.112. The largest absolute Gasteiger partial charge is 0.393 e. The first-order chi connectivity index (χ1) is 7.44. The summed E-state index contributed by atoms with van der Waals surface area (Å²) >= 11 is 0. The van der Waals surface area contributed by atoms with Crippen molar-refractivity contribution in [2.24, 2.45) is 11.3 Å². The summed E-state index contributed by atoms with van der Waals surface area (Å²) in [6, 6.07) is 0. The molecule has 0 heterocycles. The second-order valence-electron chi connectivity index (χ2n) is 6.76. The summed E-state index contributed by atoms with van der Waals surface area (Å²) in [6.45, 7) is 7.03. The number of hydrogen-bond acceptors (Lipinski definition) is 2. The van der Waals surface area contributed by atoms with E-state index in [0.717, 1.165) is 25.2 Å². The Hall–Kier alpha value is -0.0800. The lowest BCUT2D eigenvalue weighted by Gasteiger charge is -2.39. The van der Waals surface area contributed by atoms with E-state index in [0.29, 0.717) is 17.6 Å². The number of aliphatic hydroxyl groups is 1. The number of hydrogen-bond donors (Lipinski definition) is 1. The van der Waals surface area contributed by atoms with E-state index in [1.807, 2.05) is 0 Å². The molecule has 2 aliphatic rings. The second kappa shape index (κ2) is 4.66. The number of ether oxygens (including phenoxy) is 1. The van der Waals surface area contributed by atoms with Gasteiger partial charge in [-0.05, 0) is 49.9 Å². The van der Waals surface area contributed by atoms with Crippen molar-refractivity contribution in [1.29, 1.82) is 0 Å². The summed E-state index contributed by atoms with van der Waals surface area (Å²) in [5.41, 5.74) is 0.430. The van der Waals surface area contributed by atoms with Crippen LogP contribution >= 0.6 is 0 Å². The van der Waals surface area contributed by atoms with E-state index in [1.54, 1.807) is 0 Å². The van der Waals surface area contributed by atoms with E-state index >= 15 is 0 Å². The van der Waals surface area contributed by atoms with Crippen LogP contribution < -0.4 is 0 Å². The third-order valence-electron chi connectivity index (χ3n) is 4.09. The van der Waals surface area contributed by atoms with Crippen LogP contribution in [0.2, 0.25) is 0 Å². The van der Waals surface area contributed by atoms with Gasteiger partial charge in [-0.25, -0.2) is 0 Å². The second-order valence-corrected chi connectivity index (χ2v) is 6.76. The van der Waals surface area contributed by atoms with Gasteiger partial charge < -0.3 is 9.84 Å². The van der Waals surface area contributed by atoms with Crippen molar-refractivity contribution in [3.05, 3.63) is 0 Å². The molecule has 0 aromatic heterocycles. The molecule has 94 valence electrons. The molecule has 2 heteroatoms. The minimum atomic E-state index is -0.112. The Morgan fingerprint density at radius 1 is 1.06 bits per heavy atom. The lowest BCUT2D eigenvalue weighted by molar-refractivity contribution is -0.0653. The van der Waals surface area contributed by atoms with Crippen LogP contribution in [0.4, 0.5) is 0 Å². The summed E-state index contributed by atoms with van der Waals surface area (Å²) in [6.07, 6.45) is 7.17. The van der Waals surface area contributed by atoms with Crippen LogP contribution in [0.3, 0.4) is 0 Å². The maximum atomic E-state index is 9.50. The zero-order valence-electron chi connectivity index (χ0n) is 10.9. The standard InChI is InChI=1S/C14H26O2/c1-10-6-13(9-14(2,3)8-10)16-12-5-4-11(15)7-12/h10-13,15H,4-9H2,1-3H3. The van der Waals surface area contributed by atoms with Gasteiger partial charge in [-0.2, -0.15) is 0 Å². The highest BCUT2D eigenvalue weighted by Gasteiger charge is 2.35. The molecule has 16 heavy (non-hydrogen) atoms. The van der Waals surface area contributed by atoms with Gasteiger partial charge >= 0.3 is 0 Å². The van der Waals surface area contributed by atoms with Gasteiger partial charge in [0.2, 0.25) is 0 Å². The van der Waals surface area contributed by atoms with Gasteiger partial charge in [-0.3, -0.25) is 0 Å². The molecular weight excluding hydrogens is 200 g/mol. The predicted molar refractivity (Wildman–Crippen MR) is 65.3 cm³/mol. The molecule has 4 atom stereocenters. The Morgan fingerprint density at radius 3 is 2.38 bits per heavy atom. The molecule has 0 spiro atoms. The van der Waals surface area contributed by atoms with Crippen molar-refractivity contribution in [1.82, 2.24) is 0 Å². The highest BCUT2D eigenvalue weighted by atomic mass is 16.5. The fraction of sp³-hybridized carbons (Fsp3) is 1.00. The first kappa shape index (κ1) is 12.4. The third-order valence-corrected chi connectivity index (χ3v) is 4.09. The molecule has 2 rings (SSSR count). The molecule has 4 unspecified atom stereocenters. The Bertz CT molecular complexity index is 237. The monoisotopic (exact) mass is 226 g/mol. The minimum Gasteiger partial charge on any atom is -0.393 e. The Labute approximate surface area is 99.4 Å². The fourth-order valence-electron chi connectivity index (χ4n) is 3.68. The highest BCUT2D eigenvalue weighted by molar-refractivity contribution is 4.85. The molecule has 0 bridgehead atoms. The van der Waals surface area contributed by atoms with Crippen LogP contribution in [0.15, 0.2) is 0 Å². The summed E-state index contributed by atoms with van der Waals surface area (Å²) in [7, 11) is 0. The van der Waals surface area contributed by atoms with Crippen molar-refractivity contribution in [2.75, 3.05) is 0 Å². The highest BCUT2D eigenvalue weighted by Crippen LogP contribution is 2.40. The number of rotatable bonds is 2. The lowest BCUT2D eigenvalue weighted by Crippen LogP contribution is -2.34. The predicted octanol–water partition coefficient (Wildman–Crippen LogP) is 3.13. The van der Waals surface area contributed by atoms with Crippen LogP contribution in [0.1, 0.15) is 59.3 Å². The zero-order valence-corrected chi connectivity index (χ0v) is 10.9. The van der Waals surface area contributed by atoms with Gasteiger partial charge in [0.1, 0.15) is 0 Å². The third kappa shape index (κ3) is 3.21. The summed E-state index contributed by atoms with van der Waals surface area (Å²) in [5.74, 6) is 0.778. The average Bonchev–Trinajstić information content (AvgIpc) is 2.46. The molecule has 0 amide bonds. The van der Waals surface area contributed by atoms with E-state index in [4.69, 9.17) is 4.74 Å². The number of aliphatic hydroxyl groups excluding tert-OH is 1. The molecule has 0 radical (unpaired) electrons. The molecular formula is C14H26O2. The zero-order chi connectivity index (χ0) is 11.8. The van der Waals surface area contributed by atoms with E-state index < -0.39 is 0 Å². The lowest BCUT2D eigenvalue weighted by atomic mass is 9.71. The van der Waals surface area contributed by atoms with Crippen molar-refractivity contribution < 1.29 is 9.84 Å². The molecule has 0 aliphatic heterocycles. The summed E-state index contributed by atoms with van der Waals surface area (Å²) in [4.78, 5) is 0. The maximum absolute atomic E-state index is 9.50. The molecule has 1 N–H and O–H groups in total. The Morgan fingerprint density at radius 2 is 1.81 bits per heavy atom. The Balaban J connectivity index is 1.85. The molecule has 0 aromatic carbocycles. The Kier molecular flexibility index (Phi) is 3.60. The SMILES string of the molecule is CC1CC(OC2CCC(O)C2)CC(C)(C)C1. The fourth-order valence-corrected chi connectivity index (χ4v) is 3.68. The van der Waals surface area contributed by atoms with Crippen LogP contribution in [0, 0.1) is 11.3 Å². The summed E-state index contributed by atoms with van der Waals surface area (Å²) in [5, 5.41) is 9.50. The van der Waals surface area contributed by atoms with Gasteiger partial charge in [-0.15, -0.1) is 0 Å². The molecule has 2 saturated carbocycles. The smallest absolute Gasteiger partial charge is 0.0604 e. The quantitative estimate of drug-likeness (QED) is 0.784. The average molecular weight is 226 g/mol. The van der Waals surface area contributed by atoms with Crippen molar-refractivity contribution in [3.63, 3.8) is 0 Å². The van der Waals surface area contributed by atoms with Gasteiger partial charge in [0.25, 0.3) is 0 Å². The molecule has 0 saturated heterocycles. The molecule has 0 aromatic rings. The van der Waals surface area contributed by atoms with Crippen LogP contribution in [-0.2, 0) is 4.74 Å². The molecule has 2 fully saturated rings. The first-order valence-corrected chi connectivity index (χ1v) is 6.78. The molecule has 2 nitrogen and oxygen atoms in total. The van der Waals surface area contributed by atoms with Crippen LogP contribution in [-0.4, -0.2) is 23.4 Å². The van der Waals surface area contributed by atoms with Gasteiger partial charge in [0, 0.05) is 0 Å². The van der Waals surface area contributed by atoms with Gasteiger partial charge in [0.15, 0.2) is 0 Å². The van der Waals surface area contributed by atoms with Crippen molar-refractivity contribution in [2.45, 2.75) is 77.6 Å². The summed E-state index contributed by atoms with van der Waals surface area (Å²) < 4.78 is 6.17. The van der Waals surface area contributed by atoms with E-state index in [-0.39, 0.29) is 6.10 Å². The van der Waals surface area contributed by atoms with Crippen LogP contribution in [0.5, 0.6) is 0 Å². The first-order valence-electron chi connectivity index (χ1n) is 6.78. The van der Waals surface area contributed by atoms with Crippen LogP contribution in [0.25, 0.3) is 0 Å². The topological polar surface area (TPSA) is 29.5 Å². The normalized spacial score (nSPS) is 43.5. The maximum Gasteiger partial charge on any atom is 0.0604 e. The van der Waals surface area contributed by atoms with Crippen molar-refractivity contribution in [3.8, 4) is 0 Å². The van der Waals surface area contributed by atoms with Gasteiger partial charge in [-0.1, -0.05) is 20.8 Å². The van der Waals surface area contributed by atoms with E-state index in [1.165, 1.54) is 19.3 Å². The van der Waals surface area contributed by atoms with E-state index in [9.17, 15) is 5.11 Å². The van der Waals surface area contributed by atoms with E-state index in [2.05, 4.69) is 20.8 Å². The van der Waals surface area contributed by atoms with Gasteiger partial charge in [0.05, 0.1) is 18.3 Å². The molecule has 2 aliphatic carbocycles.